The number of benzene rings is 2. The summed E-state index contributed by atoms with van der Waals surface area (Å²) in [5.41, 5.74) is 1.25. The third-order valence-corrected chi connectivity index (χ3v) is 4.00. The average Bonchev–Trinajstić information content (AvgIpc) is 2.65. The minimum absolute atomic E-state index is 0.160. The van der Waals surface area contributed by atoms with Crippen LogP contribution in [0.1, 0.15) is 15.9 Å². The van der Waals surface area contributed by atoms with Gasteiger partial charge in [-0.25, -0.2) is 0 Å². The molecule has 0 aliphatic carbocycles. The minimum atomic E-state index is -0.160. The molecule has 6 heteroatoms. The summed E-state index contributed by atoms with van der Waals surface area (Å²) in [5.74, 6) is 2.03. The highest BCUT2D eigenvalue weighted by atomic mass is 35.5. The smallest absolute Gasteiger partial charge is 0.185 e. The highest BCUT2D eigenvalue weighted by Gasteiger charge is 2.16. The predicted molar refractivity (Wildman–Crippen MR) is 95.4 cm³/mol. The van der Waals surface area contributed by atoms with Gasteiger partial charge in [-0.05, 0) is 42.0 Å². The lowest BCUT2D eigenvalue weighted by Gasteiger charge is -2.19. The van der Waals surface area contributed by atoms with Gasteiger partial charge in [0.1, 0.15) is 13.2 Å². The Morgan fingerprint density at radius 2 is 1.84 bits per heavy atom. The Hall–Kier alpha value is -2.66. The first-order valence-electron chi connectivity index (χ1n) is 7.66. The van der Waals surface area contributed by atoms with Crippen LogP contribution in [-0.4, -0.2) is 33.2 Å². The number of hydrogen-bond donors (Lipinski definition) is 0. The normalized spacial score (nSPS) is 12.9. The van der Waals surface area contributed by atoms with Crippen molar-refractivity contribution in [2.45, 2.75) is 0 Å². The van der Waals surface area contributed by atoms with E-state index in [0.717, 1.165) is 5.56 Å². The van der Waals surface area contributed by atoms with Gasteiger partial charge in [0.05, 0.1) is 19.2 Å². The van der Waals surface area contributed by atoms with Crippen molar-refractivity contribution in [1.29, 1.82) is 0 Å². The number of hydrogen-bond acceptors (Lipinski definition) is 5. The van der Waals surface area contributed by atoms with Crippen LogP contribution >= 0.6 is 11.6 Å². The Labute approximate surface area is 150 Å². The van der Waals surface area contributed by atoms with E-state index in [4.69, 9.17) is 30.5 Å². The molecule has 0 radical (unpaired) electrons. The summed E-state index contributed by atoms with van der Waals surface area (Å²) in [5, 5.41) is 0.454. The number of methoxy groups -OCH3 is 2. The van der Waals surface area contributed by atoms with Gasteiger partial charge in [-0.15, -0.1) is 0 Å². The molecule has 0 atom stereocenters. The van der Waals surface area contributed by atoms with Crippen LogP contribution in [0, 0.1) is 0 Å². The summed E-state index contributed by atoms with van der Waals surface area (Å²) in [4.78, 5) is 12.4. The Morgan fingerprint density at radius 3 is 2.60 bits per heavy atom. The van der Waals surface area contributed by atoms with Gasteiger partial charge in [-0.3, -0.25) is 4.79 Å². The molecule has 2 aromatic carbocycles. The number of rotatable bonds is 5. The number of fused-ring (bicyclic) bond motifs is 1. The summed E-state index contributed by atoms with van der Waals surface area (Å²) < 4.78 is 21.4. The second kappa shape index (κ2) is 7.49. The maximum absolute atomic E-state index is 12.4. The van der Waals surface area contributed by atoms with Crippen LogP contribution < -0.4 is 18.9 Å². The van der Waals surface area contributed by atoms with E-state index in [2.05, 4.69) is 0 Å². The number of allylic oxidation sites excluding steroid dienone is 1. The largest absolute Gasteiger partial charge is 0.493 e. The van der Waals surface area contributed by atoms with E-state index < -0.39 is 0 Å². The Bertz CT molecular complexity index is 829. The van der Waals surface area contributed by atoms with E-state index in [1.54, 1.807) is 43.5 Å². The molecule has 0 N–H and O–H groups in total. The molecular formula is C19H17ClO5. The van der Waals surface area contributed by atoms with Crippen LogP contribution in [0.25, 0.3) is 6.08 Å². The molecule has 1 aliphatic heterocycles. The highest BCUT2D eigenvalue weighted by molar-refractivity contribution is 6.32. The van der Waals surface area contributed by atoms with E-state index >= 15 is 0 Å². The van der Waals surface area contributed by atoms with Crippen LogP contribution in [0.15, 0.2) is 36.4 Å². The van der Waals surface area contributed by atoms with Crippen molar-refractivity contribution in [2.75, 3.05) is 27.4 Å². The van der Waals surface area contributed by atoms with Crippen molar-refractivity contribution in [3.8, 4) is 23.0 Å². The number of ketones is 1. The molecule has 0 unspecified atom stereocenters. The Balaban J connectivity index is 1.82. The number of ether oxygens (including phenoxy) is 4. The standard InChI is InChI=1S/C19H17ClO5/c1-22-16-6-4-13(11-17(16)23-2)15(21)5-3-12-9-14(20)19-18(10-12)24-7-8-25-19/h3-6,9-11H,7-8H2,1-2H3. The zero-order chi connectivity index (χ0) is 17.8. The predicted octanol–water partition coefficient (Wildman–Crippen LogP) is 4.02. The van der Waals surface area contributed by atoms with Gasteiger partial charge in [-0.1, -0.05) is 17.7 Å². The van der Waals surface area contributed by atoms with Gasteiger partial charge < -0.3 is 18.9 Å². The third-order valence-electron chi connectivity index (χ3n) is 3.71. The molecule has 0 saturated carbocycles. The summed E-state index contributed by atoms with van der Waals surface area (Å²) >= 11 is 6.20. The van der Waals surface area contributed by atoms with E-state index in [9.17, 15) is 4.79 Å². The lowest BCUT2D eigenvalue weighted by Crippen LogP contribution is -2.15. The van der Waals surface area contributed by atoms with Crippen LogP contribution in [0.3, 0.4) is 0 Å². The van der Waals surface area contributed by atoms with Crippen molar-refractivity contribution in [3.05, 3.63) is 52.6 Å². The third kappa shape index (κ3) is 3.72. The quantitative estimate of drug-likeness (QED) is 0.595. The molecule has 1 aliphatic rings. The van der Waals surface area contributed by atoms with E-state index in [0.29, 0.717) is 46.8 Å². The van der Waals surface area contributed by atoms with Crippen molar-refractivity contribution in [3.63, 3.8) is 0 Å². The second-order valence-electron chi connectivity index (χ2n) is 5.29. The first-order chi connectivity index (χ1) is 12.1. The molecule has 0 fully saturated rings. The molecule has 1 heterocycles. The second-order valence-corrected chi connectivity index (χ2v) is 5.70. The van der Waals surface area contributed by atoms with Gasteiger partial charge in [0.25, 0.3) is 0 Å². The minimum Gasteiger partial charge on any atom is -0.493 e. The highest BCUT2D eigenvalue weighted by Crippen LogP contribution is 2.38. The van der Waals surface area contributed by atoms with Gasteiger partial charge in [0, 0.05) is 5.56 Å². The Kier molecular flexibility index (Phi) is 5.14. The molecule has 5 nitrogen and oxygen atoms in total. The Morgan fingerprint density at radius 1 is 1.08 bits per heavy atom. The van der Waals surface area contributed by atoms with Crippen LogP contribution in [0.5, 0.6) is 23.0 Å². The number of carbonyl (C=O) groups excluding carboxylic acids is 1. The summed E-state index contributed by atoms with van der Waals surface area (Å²) in [6.07, 6.45) is 3.16. The average molecular weight is 361 g/mol. The van der Waals surface area contributed by atoms with E-state index in [-0.39, 0.29) is 5.78 Å². The fourth-order valence-electron chi connectivity index (χ4n) is 2.48. The number of carbonyl (C=O) groups is 1. The zero-order valence-electron chi connectivity index (χ0n) is 13.9. The molecule has 130 valence electrons. The lowest BCUT2D eigenvalue weighted by atomic mass is 10.1. The molecule has 0 aromatic heterocycles. The molecular weight excluding hydrogens is 344 g/mol. The van der Waals surface area contributed by atoms with Crippen LogP contribution in [0.2, 0.25) is 5.02 Å². The maximum atomic E-state index is 12.4. The van der Waals surface area contributed by atoms with Crippen molar-refractivity contribution < 1.29 is 23.7 Å². The summed E-state index contributed by atoms with van der Waals surface area (Å²) in [6, 6.07) is 8.54. The zero-order valence-corrected chi connectivity index (χ0v) is 14.6. The van der Waals surface area contributed by atoms with Crippen LogP contribution in [0.4, 0.5) is 0 Å². The molecule has 3 rings (SSSR count). The van der Waals surface area contributed by atoms with Gasteiger partial charge in [0.15, 0.2) is 28.8 Å². The summed E-state index contributed by atoms with van der Waals surface area (Å²) in [7, 11) is 3.07. The van der Waals surface area contributed by atoms with Crippen LogP contribution in [-0.2, 0) is 0 Å². The fourth-order valence-corrected chi connectivity index (χ4v) is 2.76. The molecule has 2 aromatic rings. The fraction of sp³-hybridized carbons (Fsp3) is 0.211. The van der Waals surface area contributed by atoms with Gasteiger partial charge in [0.2, 0.25) is 0 Å². The SMILES string of the molecule is COc1ccc(C(=O)C=Cc2cc(Cl)c3c(c2)OCCO3)cc1OC. The van der Waals surface area contributed by atoms with Gasteiger partial charge in [-0.2, -0.15) is 0 Å². The molecule has 0 bridgehead atoms. The number of halogens is 1. The lowest BCUT2D eigenvalue weighted by molar-refractivity contribution is 0.104. The monoisotopic (exact) mass is 360 g/mol. The molecule has 0 saturated heterocycles. The van der Waals surface area contributed by atoms with Crippen molar-refractivity contribution in [1.82, 2.24) is 0 Å². The summed E-state index contributed by atoms with van der Waals surface area (Å²) in [6.45, 7) is 0.945. The van der Waals surface area contributed by atoms with E-state index in [1.807, 2.05) is 0 Å². The molecule has 25 heavy (non-hydrogen) atoms. The van der Waals surface area contributed by atoms with Crippen molar-refractivity contribution >= 4 is 23.5 Å². The first-order valence-corrected chi connectivity index (χ1v) is 8.03. The molecule has 0 spiro atoms. The maximum Gasteiger partial charge on any atom is 0.185 e. The van der Waals surface area contributed by atoms with Gasteiger partial charge >= 0.3 is 0 Å². The topological polar surface area (TPSA) is 54.0 Å². The first kappa shape index (κ1) is 17.2. The van der Waals surface area contributed by atoms with Crippen molar-refractivity contribution in [2.24, 2.45) is 0 Å². The van der Waals surface area contributed by atoms with E-state index in [1.165, 1.54) is 13.2 Å². The molecule has 0 amide bonds.